The maximum atomic E-state index is 12.4. The predicted molar refractivity (Wildman–Crippen MR) is 116 cm³/mol. The summed E-state index contributed by atoms with van der Waals surface area (Å²) in [4.78, 5) is 24.5. The highest BCUT2D eigenvalue weighted by molar-refractivity contribution is 5.77. The molecule has 1 amide bonds. The number of nitrogens with one attached hydrogen (secondary N) is 1. The van der Waals surface area contributed by atoms with E-state index in [4.69, 9.17) is 9.47 Å². The second-order valence-corrected chi connectivity index (χ2v) is 7.21. The van der Waals surface area contributed by atoms with Crippen LogP contribution in [0, 0.1) is 13.8 Å². The van der Waals surface area contributed by atoms with Crippen molar-refractivity contribution >= 4 is 5.91 Å². The normalized spacial score (nSPS) is 10.5. The smallest absolute Gasteiger partial charge is 0.258 e. The third-order valence-electron chi connectivity index (χ3n) is 4.71. The van der Waals surface area contributed by atoms with Gasteiger partial charge in [0.25, 0.3) is 5.91 Å². The van der Waals surface area contributed by atoms with E-state index in [1.54, 1.807) is 10.8 Å². The average Bonchev–Trinajstić information content (AvgIpc) is 2.74. The van der Waals surface area contributed by atoms with Gasteiger partial charge in [-0.2, -0.15) is 0 Å². The molecule has 0 radical (unpaired) electrons. The van der Waals surface area contributed by atoms with Crippen molar-refractivity contribution in [1.82, 2.24) is 9.88 Å². The van der Waals surface area contributed by atoms with Crippen LogP contribution in [0.1, 0.15) is 22.4 Å². The Balaban J connectivity index is 1.54. The van der Waals surface area contributed by atoms with Crippen LogP contribution in [-0.2, 0) is 25.0 Å². The summed E-state index contributed by atoms with van der Waals surface area (Å²) in [5, 5.41) is 2.78. The summed E-state index contributed by atoms with van der Waals surface area (Å²) in [5.74, 6) is 0.708. The van der Waals surface area contributed by atoms with Crippen molar-refractivity contribution < 1.29 is 14.3 Å². The third-order valence-corrected chi connectivity index (χ3v) is 4.71. The highest BCUT2D eigenvalue weighted by Gasteiger charge is 2.09. The largest absolute Gasteiger partial charge is 0.483 e. The van der Waals surface area contributed by atoms with E-state index in [1.807, 2.05) is 69.4 Å². The van der Waals surface area contributed by atoms with Crippen molar-refractivity contribution in [2.45, 2.75) is 27.0 Å². The fraction of sp³-hybridized carbons (Fsp3) is 0.250. The summed E-state index contributed by atoms with van der Waals surface area (Å²) < 4.78 is 13.0. The van der Waals surface area contributed by atoms with E-state index in [0.29, 0.717) is 18.1 Å². The van der Waals surface area contributed by atoms with E-state index < -0.39 is 0 Å². The minimum Gasteiger partial charge on any atom is -0.483 e. The SMILES string of the molecule is Cc1ccc(C)c(OCC(=O)NCc2cc(=O)c(OCc3ccccc3)cn2C)c1. The van der Waals surface area contributed by atoms with Gasteiger partial charge in [-0.15, -0.1) is 0 Å². The van der Waals surface area contributed by atoms with Crippen LogP contribution in [0.5, 0.6) is 11.5 Å². The van der Waals surface area contributed by atoms with Gasteiger partial charge in [0, 0.05) is 18.8 Å². The molecule has 0 unspecified atom stereocenters. The quantitative estimate of drug-likeness (QED) is 0.623. The average molecular weight is 406 g/mol. The molecule has 6 nitrogen and oxygen atoms in total. The number of amides is 1. The minimum absolute atomic E-state index is 0.0868. The maximum Gasteiger partial charge on any atom is 0.258 e. The molecule has 3 rings (SSSR count). The molecule has 0 bridgehead atoms. The molecule has 3 aromatic rings. The second kappa shape index (κ2) is 9.78. The highest BCUT2D eigenvalue weighted by Crippen LogP contribution is 2.18. The topological polar surface area (TPSA) is 69.6 Å². The summed E-state index contributed by atoms with van der Waals surface area (Å²) >= 11 is 0. The third kappa shape index (κ3) is 5.73. The molecule has 0 saturated carbocycles. The van der Waals surface area contributed by atoms with E-state index >= 15 is 0 Å². The molecule has 0 spiro atoms. The fourth-order valence-electron chi connectivity index (χ4n) is 2.91. The van der Waals surface area contributed by atoms with Gasteiger partial charge in [-0.05, 0) is 36.6 Å². The summed E-state index contributed by atoms with van der Waals surface area (Å²) in [7, 11) is 1.81. The van der Waals surface area contributed by atoms with Gasteiger partial charge in [-0.25, -0.2) is 0 Å². The Morgan fingerprint density at radius 1 is 1.00 bits per heavy atom. The number of hydrogen-bond acceptors (Lipinski definition) is 4. The second-order valence-electron chi connectivity index (χ2n) is 7.21. The van der Waals surface area contributed by atoms with Crippen molar-refractivity contribution in [3.05, 3.63) is 93.4 Å². The molecule has 2 aromatic carbocycles. The van der Waals surface area contributed by atoms with Gasteiger partial charge in [0.2, 0.25) is 5.43 Å². The lowest BCUT2D eigenvalue weighted by atomic mass is 10.1. The molecule has 0 saturated heterocycles. The molecule has 0 aliphatic heterocycles. The first-order chi connectivity index (χ1) is 14.4. The molecule has 30 heavy (non-hydrogen) atoms. The predicted octanol–water partition coefficient (Wildman–Crippen LogP) is 3.28. The molecular weight excluding hydrogens is 380 g/mol. The van der Waals surface area contributed by atoms with Gasteiger partial charge in [0.15, 0.2) is 12.4 Å². The summed E-state index contributed by atoms with van der Waals surface area (Å²) in [6, 6.07) is 17.0. The van der Waals surface area contributed by atoms with E-state index in [-0.39, 0.29) is 30.2 Å². The molecule has 156 valence electrons. The zero-order chi connectivity index (χ0) is 21.5. The van der Waals surface area contributed by atoms with E-state index in [1.165, 1.54) is 6.07 Å². The highest BCUT2D eigenvalue weighted by atomic mass is 16.5. The van der Waals surface area contributed by atoms with Gasteiger partial charge < -0.3 is 19.4 Å². The van der Waals surface area contributed by atoms with Gasteiger partial charge in [0.1, 0.15) is 12.4 Å². The fourth-order valence-corrected chi connectivity index (χ4v) is 2.91. The molecule has 6 heteroatoms. The first-order valence-electron chi connectivity index (χ1n) is 9.75. The van der Waals surface area contributed by atoms with Crippen molar-refractivity contribution in [2.75, 3.05) is 6.61 Å². The first kappa shape index (κ1) is 21.2. The van der Waals surface area contributed by atoms with Crippen LogP contribution in [-0.4, -0.2) is 17.1 Å². The number of carbonyl (C=O) groups excluding carboxylic acids is 1. The molecule has 0 aliphatic rings. The Morgan fingerprint density at radius 3 is 2.53 bits per heavy atom. The van der Waals surface area contributed by atoms with Crippen LogP contribution >= 0.6 is 0 Å². The number of ether oxygens (including phenoxy) is 2. The number of hydrogen-bond donors (Lipinski definition) is 1. The minimum atomic E-state index is -0.257. The zero-order valence-corrected chi connectivity index (χ0v) is 17.5. The summed E-state index contributed by atoms with van der Waals surface area (Å²) in [6.45, 7) is 4.36. The number of benzene rings is 2. The molecule has 0 fully saturated rings. The lowest BCUT2D eigenvalue weighted by Gasteiger charge is -2.13. The monoisotopic (exact) mass is 406 g/mol. The lowest BCUT2D eigenvalue weighted by molar-refractivity contribution is -0.123. The Bertz CT molecular complexity index is 1070. The van der Waals surface area contributed by atoms with Crippen molar-refractivity contribution in [1.29, 1.82) is 0 Å². The maximum absolute atomic E-state index is 12.4. The number of pyridine rings is 1. The molecule has 0 atom stereocenters. The first-order valence-corrected chi connectivity index (χ1v) is 9.75. The van der Waals surface area contributed by atoms with E-state index in [0.717, 1.165) is 16.7 Å². The summed E-state index contributed by atoms with van der Waals surface area (Å²) in [5.41, 5.74) is 3.48. The van der Waals surface area contributed by atoms with Crippen LogP contribution in [0.2, 0.25) is 0 Å². The Labute approximate surface area is 176 Å². The van der Waals surface area contributed by atoms with Gasteiger partial charge in [-0.3, -0.25) is 9.59 Å². The molecule has 1 heterocycles. The number of rotatable bonds is 8. The summed E-state index contributed by atoms with van der Waals surface area (Å²) in [6.07, 6.45) is 1.64. The van der Waals surface area contributed by atoms with Crippen molar-refractivity contribution in [2.24, 2.45) is 7.05 Å². The molecule has 1 aromatic heterocycles. The van der Waals surface area contributed by atoms with Crippen molar-refractivity contribution in [3.63, 3.8) is 0 Å². The standard InChI is InChI=1S/C24H26N2O4/c1-17-9-10-18(2)22(11-17)30-16-24(28)25-13-20-12-21(27)23(14-26(20)3)29-15-19-7-5-4-6-8-19/h4-12,14H,13,15-16H2,1-3H3,(H,25,28). The lowest BCUT2D eigenvalue weighted by Crippen LogP contribution is -2.30. The van der Waals surface area contributed by atoms with Crippen LogP contribution in [0.15, 0.2) is 65.6 Å². The van der Waals surface area contributed by atoms with E-state index in [2.05, 4.69) is 5.32 Å². The molecular formula is C24H26N2O4. The van der Waals surface area contributed by atoms with Crippen molar-refractivity contribution in [3.8, 4) is 11.5 Å². The Kier molecular flexibility index (Phi) is 6.91. The molecule has 0 aliphatic carbocycles. The van der Waals surface area contributed by atoms with Gasteiger partial charge in [-0.1, -0.05) is 42.5 Å². The van der Waals surface area contributed by atoms with Crippen LogP contribution in [0.4, 0.5) is 0 Å². The number of nitrogens with zero attached hydrogens (tertiary/aromatic N) is 1. The van der Waals surface area contributed by atoms with Gasteiger partial charge >= 0.3 is 0 Å². The van der Waals surface area contributed by atoms with Gasteiger partial charge in [0.05, 0.1) is 12.7 Å². The Morgan fingerprint density at radius 2 is 1.77 bits per heavy atom. The number of carbonyl (C=O) groups is 1. The van der Waals surface area contributed by atoms with E-state index in [9.17, 15) is 9.59 Å². The van der Waals surface area contributed by atoms with Crippen LogP contribution < -0.4 is 20.2 Å². The molecule has 1 N–H and O–H groups in total. The van der Waals surface area contributed by atoms with Crippen LogP contribution in [0.25, 0.3) is 0 Å². The number of aryl methyl sites for hydroxylation is 3. The number of aromatic nitrogens is 1. The Hall–Kier alpha value is -3.54. The zero-order valence-electron chi connectivity index (χ0n) is 17.5. The van der Waals surface area contributed by atoms with Crippen LogP contribution in [0.3, 0.4) is 0 Å².